The van der Waals surface area contributed by atoms with Crippen molar-refractivity contribution in [1.82, 2.24) is 0 Å². The first-order valence-corrected chi connectivity index (χ1v) is 10.1. The van der Waals surface area contributed by atoms with Gasteiger partial charge in [0.2, 0.25) is 0 Å². The Morgan fingerprint density at radius 2 is 1.70 bits per heavy atom. The molecule has 120 valence electrons. The van der Waals surface area contributed by atoms with Gasteiger partial charge in [0.25, 0.3) is 0 Å². The maximum atomic E-state index is 5.80. The number of rotatable bonds is 11. The highest BCUT2D eigenvalue weighted by molar-refractivity contribution is 7.98. The zero-order valence-electron chi connectivity index (χ0n) is 14.8. The van der Waals surface area contributed by atoms with Gasteiger partial charge < -0.3 is 0 Å². The summed E-state index contributed by atoms with van der Waals surface area (Å²) in [4.78, 5) is 1.30. The van der Waals surface area contributed by atoms with Gasteiger partial charge in [0.1, 0.15) is 0 Å². The fourth-order valence-electron chi connectivity index (χ4n) is 3.03. The van der Waals surface area contributed by atoms with Crippen LogP contribution in [0.25, 0.3) is 0 Å². The zero-order chi connectivity index (χ0) is 15.8. The van der Waals surface area contributed by atoms with E-state index in [0.29, 0.717) is 5.41 Å². The fraction of sp³-hybridized carbons (Fsp3) is 0.944. The maximum Gasteiger partial charge on any atom is -0.00137 e. The van der Waals surface area contributed by atoms with Crippen molar-refractivity contribution in [3.63, 3.8) is 0 Å². The average molecular weight is 317 g/mol. The van der Waals surface area contributed by atoms with E-state index in [-0.39, 0.29) is 5.41 Å². The molecule has 0 fully saturated rings. The summed E-state index contributed by atoms with van der Waals surface area (Å²) in [6.45, 7) is 14.0. The molecule has 0 bridgehead atoms. The van der Waals surface area contributed by atoms with E-state index in [0.717, 1.165) is 12.3 Å². The Morgan fingerprint density at radius 1 is 1.15 bits per heavy atom. The molecule has 0 aromatic heterocycles. The van der Waals surface area contributed by atoms with Gasteiger partial charge in [-0.05, 0) is 65.7 Å². The summed E-state index contributed by atoms with van der Waals surface area (Å²) in [5, 5.41) is 0. The van der Waals surface area contributed by atoms with Crippen molar-refractivity contribution in [2.45, 2.75) is 80.1 Å². The average Bonchev–Trinajstić information content (AvgIpc) is 2.42. The van der Waals surface area contributed by atoms with Crippen molar-refractivity contribution in [3.8, 4) is 0 Å². The third-order valence-corrected chi connectivity index (χ3v) is 6.80. The predicted octanol–water partition coefficient (Wildman–Crippen LogP) is 6.77. The van der Waals surface area contributed by atoms with Crippen molar-refractivity contribution >= 4 is 28.8 Å². The number of hydrogen-bond acceptors (Lipinski definition) is 2. The van der Waals surface area contributed by atoms with Crippen LogP contribution in [0.1, 0.15) is 80.1 Å². The van der Waals surface area contributed by atoms with Crippen molar-refractivity contribution in [2.24, 2.45) is 16.7 Å². The maximum absolute atomic E-state index is 5.80. The van der Waals surface area contributed by atoms with Gasteiger partial charge in [0.15, 0.2) is 0 Å². The minimum atomic E-state index is 0.220. The third-order valence-electron chi connectivity index (χ3n) is 5.14. The summed E-state index contributed by atoms with van der Waals surface area (Å²) >= 11 is 7.79. The molecule has 0 aliphatic heterocycles. The highest BCUT2D eigenvalue weighted by Gasteiger charge is 2.30. The Morgan fingerprint density at radius 3 is 2.10 bits per heavy atom. The van der Waals surface area contributed by atoms with Gasteiger partial charge in [0.05, 0.1) is 0 Å². The highest BCUT2D eigenvalue weighted by atomic mass is 32.2. The molecule has 0 nitrogen and oxygen atoms in total. The Bertz CT molecular complexity index is 277. The second kappa shape index (κ2) is 9.46. The normalized spacial score (nSPS) is 14.3. The topological polar surface area (TPSA) is 0 Å². The Balaban J connectivity index is 4.58. The molecule has 20 heavy (non-hydrogen) atoms. The molecule has 2 heteroatoms. The molecule has 0 aliphatic carbocycles. The van der Waals surface area contributed by atoms with Crippen molar-refractivity contribution < 1.29 is 0 Å². The summed E-state index contributed by atoms with van der Waals surface area (Å²) < 4.78 is 0. The van der Waals surface area contributed by atoms with Gasteiger partial charge in [-0.1, -0.05) is 60.2 Å². The lowest BCUT2D eigenvalue weighted by Gasteiger charge is -2.34. The van der Waals surface area contributed by atoms with E-state index in [1.165, 1.54) is 42.7 Å². The molecule has 0 aromatic rings. The van der Waals surface area contributed by atoms with Crippen LogP contribution in [0, 0.1) is 16.7 Å². The first-order valence-electron chi connectivity index (χ1n) is 8.29. The molecule has 1 atom stereocenters. The molecule has 0 saturated heterocycles. The van der Waals surface area contributed by atoms with E-state index in [1.807, 2.05) is 11.8 Å². The van der Waals surface area contributed by atoms with Crippen LogP contribution in [0.3, 0.4) is 0 Å². The fourth-order valence-corrected chi connectivity index (χ4v) is 4.38. The van der Waals surface area contributed by atoms with Crippen LogP contribution >= 0.6 is 24.0 Å². The van der Waals surface area contributed by atoms with E-state index < -0.39 is 0 Å². The second-order valence-corrected chi connectivity index (χ2v) is 8.52. The summed E-state index contributed by atoms with van der Waals surface area (Å²) in [6, 6.07) is 0. The minimum Gasteiger partial charge on any atom is -0.165 e. The molecule has 0 saturated carbocycles. The van der Waals surface area contributed by atoms with E-state index in [9.17, 15) is 0 Å². The highest BCUT2D eigenvalue weighted by Crippen LogP contribution is 2.38. The van der Waals surface area contributed by atoms with Crippen LogP contribution in [-0.2, 0) is 0 Å². The standard InChI is InChI=1S/C18H36S2/c1-8-15(4)13-17(5,6)16(19)11-12-18(9-2,10-3)14-20-7/h15H,8-14H2,1-7H3. The molecule has 0 radical (unpaired) electrons. The lowest BCUT2D eigenvalue weighted by Crippen LogP contribution is -2.29. The van der Waals surface area contributed by atoms with Crippen LogP contribution < -0.4 is 0 Å². The zero-order valence-corrected chi connectivity index (χ0v) is 16.5. The van der Waals surface area contributed by atoms with Gasteiger partial charge in [-0.15, -0.1) is 0 Å². The lowest BCUT2D eigenvalue weighted by molar-refractivity contribution is 0.282. The molecule has 0 heterocycles. The van der Waals surface area contributed by atoms with Crippen LogP contribution in [0.2, 0.25) is 0 Å². The van der Waals surface area contributed by atoms with Crippen LogP contribution in [0.4, 0.5) is 0 Å². The summed E-state index contributed by atoms with van der Waals surface area (Å²) in [6.07, 6.45) is 9.66. The van der Waals surface area contributed by atoms with Crippen LogP contribution in [-0.4, -0.2) is 16.9 Å². The number of hydrogen-bond donors (Lipinski definition) is 0. The molecule has 0 rings (SSSR count). The predicted molar refractivity (Wildman–Crippen MR) is 101 cm³/mol. The molecule has 0 aliphatic rings. The Kier molecular flexibility index (Phi) is 9.66. The smallest absolute Gasteiger partial charge is 0.00137 e. The first-order chi connectivity index (χ1) is 9.26. The molecular formula is C18H36S2. The Hall–Kier alpha value is 0.440. The van der Waals surface area contributed by atoms with Crippen molar-refractivity contribution in [3.05, 3.63) is 0 Å². The number of thioether (sulfide) groups is 1. The summed E-state index contributed by atoms with van der Waals surface area (Å²) in [5.74, 6) is 2.05. The van der Waals surface area contributed by atoms with E-state index in [2.05, 4.69) is 47.8 Å². The van der Waals surface area contributed by atoms with Gasteiger partial charge in [-0.25, -0.2) is 0 Å². The third kappa shape index (κ3) is 6.47. The molecular weight excluding hydrogens is 280 g/mol. The lowest BCUT2D eigenvalue weighted by atomic mass is 9.74. The first kappa shape index (κ1) is 20.4. The molecule has 0 spiro atoms. The van der Waals surface area contributed by atoms with Gasteiger partial charge >= 0.3 is 0 Å². The summed E-state index contributed by atoms with van der Waals surface area (Å²) in [7, 11) is 0. The second-order valence-electron chi connectivity index (χ2n) is 7.16. The van der Waals surface area contributed by atoms with Crippen LogP contribution in [0.5, 0.6) is 0 Å². The van der Waals surface area contributed by atoms with Crippen molar-refractivity contribution in [2.75, 3.05) is 12.0 Å². The molecule has 0 N–H and O–H groups in total. The molecule has 0 amide bonds. The summed E-state index contributed by atoms with van der Waals surface area (Å²) in [5.41, 5.74) is 0.716. The molecule has 0 aromatic carbocycles. The van der Waals surface area contributed by atoms with Gasteiger partial charge in [0, 0.05) is 0 Å². The van der Waals surface area contributed by atoms with Gasteiger partial charge in [-0.3, -0.25) is 0 Å². The Labute approximate surface area is 137 Å². The largest absolute Gasteiger partial charge is 0.165 e. The number of thiocarbonyl (C=S) groups is 1. The van der Waals surface area contributed by atoms with E-state index in [4.69, 9.17) is 12.2 Å². The van der Waals surface area contributed by atoms with E-state index in [1.54, 1.807) is 0 Å². The minimum absolute atomic E-state index is 0.220. The van der Waals surface area contributed by atoms with E-state index >= 15 is 0 Å². The van der Waals surface area contributed by atoms with Gasteiger partial charge in [-0.2, -0.15) is 11.8 Å². The SMILES string of the molecule is CCC(C)CC(C)(C)C(=S)CCC(CC)(CC)CSC. The monoisotopic (exact) mass is 316 g/mol. The molecule has 1 unspecified atom stereocenters. The van der Waals surface area contributed by atoms with Crippen LogP contribution in [0.15, 0.2) is 0 Å². The quantitative estimate of drug-likeness (QED) is 0.386. The van der Waals surface area contributed by atoms with Crippen molar-refractivity contribution in [1.29, 1.82) is 0 Å².